The largest absolute Gasteiger partial charge is 0.481 e. The third kappa shape index (κ3) is 3.75. The quantitative estimate of drug-likeness (QED) is 0.794. The Morgan fingerprint density at radius 2 is 1.65 bits per heavy atom. The van der Waals surface area contributed by atoms with Crippen LogP contribution in [0.1, 0.15) is 71.1 Å². The maximum Gasteiger partial charge on any atom is 0.310 e. The van der Waals surface area contributed by atoms with Crippen molar-refractivity contribution in [2.45, 2.75) is 77.2 Å². The van der Waals surface area contributed by atoms with Crippen molar-refractivity contribution in [2.24, 2.45) is 11.3 Å². The summed E-state index contributed by atoms with van der Waals surface area (Å²) in [6, 6.07) is 0.602. The lowest BCUT2D eigenvalue weighted by Crippen LogP contribution is -2.46. The molecule has 2 aliphatic carbocycles. The van der Waals surface area contributed by atoms with Crippen molar-refractivity contribution >= 4 is 5.97 Å². The second-order valence-electron chi connectivity index (χ2n) is 7.33. The van der Waals surface area contributed by atoms with Crippen molar-refractivity contribution in [2.75, 3.05) is 13.6 Å². The van der Waals surface area contributed by atoms with Gasteiger partial charge in [-0.25, -0.2) is 0 Å². The van der Waals surface area contributed by atoms with Crippen molar-refractivity contribution in [1.29, 1.82) is 0 Å². The highest BCUT2D eigenvalue weighted by atomic mass is 16.4. The summed E-state index contributed by atoms with van der Waals surface area (Å²) in [4.78, 5) is 14.2. The Kier molecular flexibility index (Phi) is 5.48. The monoisotopic (exact) mass is 281 g/mol. The first-order valence-corrected chi connectivity index (χ1v) is 8.47. The van der Waals surface area contributed by atoms with Crippen LogP contribution < -0.4 is 0 Å². The predicted molar refractivity (Wildman–Crippen MR) is 81.8 cm³/mol. The average Bonchev–Trinajstić information content (AvgIpc) is 2.66. The van der Waals surface area contributed by atoms with Crippen LogP contribution in [0.4, 0.5) is 0 Å². The van der Waals surface area contributed by atoms with Gasteiger partial charge in [0.05, 0.1) is 5.41 Å². The van der Waals surface area contributed by atoms with E-state index in [0.29, 0.717) is 6.04 Å². The van der Waals surface area contributed by atoms with Crippen LogP contribution in [0, 0.1) is 11.3 Å². The Bertz CT molecular complexity index is 313. The minimum atomic E-state index is -0.560. The second-order valence-corrected chi connectivity index (χ2v) is 7.33. The molecule has 0 aromatic heterocycles. The van der Waals surface area contributed by atoms with Gasteiger partial charge >= 0.3 is 5.97 Å². The van der Waals surface area contributed by atoms with Crippen LogP contribution in [-0.2, 0) is 4.79 Å². The van der Waals surface area contributed by atoms with Gasteiger partial charge in [-0.05, 0) is 51.5 Å². The molecular formula is C17H31NO2. The van der Waals surface area contributed by atoms with E-state index < -0.39 is 11.4 Å². The van der Waals surface area contributed by atoms with Gasteiger partial charge in [-0.2, -0.15) is 0 Å². The molecule has 0 aromatic carbocycles. The first kappa shape index (κ1) is 15.8. The van der Waals surface area contributed by atoms with Gasteiger partial charge in [-0.1, -0.05) is 32.6 Å². The molecular weight excluding hydrogens is 250 g/mol. The number of aliphatic carboxylic acids is 1. The Balaban J connectivity index is 1.98. The summed E-state index contributed by atoms with van der Waals surface area (Å²) in [6.07, 6.45) is 11.4. The molecule has 3 heteroatoms. The first-order chi connectivity index (χ1) is 9.53. The molecule has 0 amide bonds. The van der Waals surface area contributed by atoms with Crippen LogP contribution in [0.2, 0.25) is 0 Å². The fourth-order valence-electron chi connectivity index (χ4n) is 4.13. The van der Waals surface area contributed by atoms with E-state index in [1.165, 1.54) is 38.5 Å². The normalized spacial score (nSPS) is 30.9. The van der Waals surface area contributed by atoms with Crippen LogP contribution >= 0.6 is 0 Å². The van der Waals surface area contributed by atoms with Crippen LogP contribution in [0.25, 0.3) is 0 Å². The molecule has 2 fully saturated rings. The Labute approximate surface area is 123 Å². The van der Waals surface area contributed by atoms with Gasteiger partial charge in [0.15, 0.2) is 0 Å². The molecule has 2 saturated carbocycles. The molecule has 2 rings (SSSR count). The van der Waals surface area contributed by atoms with E-state index in [1.54, 1.807) is 0 Å². The molecule has 0 spiro atoms. The maximum atomic E-state index is 11.9. The van der Waals surface area contributed by atoms with Crippen molar-refractivity contribution in [3.05, 3.63) is 0 Å². The van der Waals surface area contributed by atoms with Crippen LogP contribution in [0.5, 0.6) is 0 Å². The zero-order valence-corrected chi connectivity index (χ0v) is 13.2. The zero-order chi connectivity index (χ0) is 14.6. The highest BCUT2D eigenvalue weighted by molar-refractivity contribution is 5.75. The Morgan fingerprint density at radius 1 is 1.10 bits per heavy atom. The molecule has 0 bridgehead atoms. The molecule has 0 aliphatic heterocycles. The number of nitrogens with zero attached hydrogens (tertiary/aromatic N) is 1. The molecule has 0 atom stereocenters. The molecule has 2 aliphatic rings. The summed E-state index contributed by atoms with van der Waals surface area (Å²) in [6.45, 7) is 3.08. The Morgan fingerprint density at radius 3 is 2.15 bits per heavy atom. The lowest BCUT2D eigenvalue weighted by Gasteiger charge is -2.39. The van der Waals surface area contributed by atoms with E-state index in [0.717, 1.165) is 38.1 Å². The van der Waals surface area contributed by atoms with Crippen molar-refractivity contribution < 1.29 is 9.90 Å². The highest BCUT2D eigenvalue weighted by Gasteiger charge is 2.40. The predicted octanol–water partition coefficient (Wildman–Crippen LogP) is 3.92. The summed E-state index contributed by atoms with van der Waals surface area (Å²) in [5.74, 6) is 0.293. The fraction of sp³-hybridized carbons (Fsp3) is 0.941. The van der Waals surface area contributed by atoms with Crippen molar-refractivity contribution in [3.63, 3.8) is 0 Å². The van der Waals surface area contributed by atoms with Gasteiger partial charge in [0.1, 0.15) is 0 Å². The van der Waals surface area contributed by atoms with Gasteiger partial charge in [0.2, 0.25) is 0 Å². The van der Waals surface area contributed by atoms with Crippen LogP contribution in [0.3, 0.4) is 0 Å². The number of carboxylic acids is 1. The standard InChI is InChI=1S/C17H31NO2/c1-14-7-9-15(10-8-14)18(2)13-17(16(19)20)11-5-3-4-6-12-17/h14-15H,3-13H2,1-2H3,(H,19,20). The van der Waals surface area contributed by atoms with Gasteiger partial charge < -0.3 is 10.0 Å². The third-order valence-electron chi connectivity index (χ3n) is 5.68. The number of carboxylic acid groups (broad SMARTS) is 1. The highest BCUT2D eigenvalue weighted by Crippen LogP contribution is 2.37. The fourth-order valence-corrected chi connectivity index (χ4v) is 4.13. The summed E-state index contributed by atoms with van der Waals surface area (Å²) in [5.41, 5.74) is -0.478. The van der Waals surface area contributed by atoms with E-state index >= 15 is 0 Å². The van der Waals surface area contributed by atoms with Gasteiger partial charge in [0.25, 0.3) is 0 Å². The Hall–Kier alpha value is -0.570. The maximum absolute atomic E-state index is 11.9. The number of hydrogen-bond donors (Lipinski definition) is 1. The molecule has 0 heterocycles. The van der Waals surface area contributed by atoms with Gasteiger partial charge in [-0.15, -0.1) is 0 Å². The van der Waals surface area contributed by atoms with E-state index in [-0.39, 0.29) is 0 Å². The lowest BCUT2D eigenvalue weighted by molar-refractivity contribution is -0.151. The molecule has 20 heavy (non-hydrogen) atoms. The third-order valence-corrected chi connectivity index (χ3v) is 5.68. The minimum Gasteiger partial charge on any atom is -0.481 e. The summed E-state index contributed by atoms with van der Waals surface area (Å²) < 4.78 is 0. The topological polar surface area (TPSA) is 40.5 Å². The molecule has 0 radical (unpaired) electrons. The van der Waals surface area contributed by atoms with Crippen LogP contribution in [-0.4, -0.2) is 35.6 Å². The molecule has 0 unspecified atom stereocenters. The average molecular weight is 281 g/mol. The SMILES string of the molecule is CC1CCC(N(C)CC2(C(=O)O)CCCCCC2)CC1. The smallest absolute Gasteiger partial charge is 0.310 e. The zero-order valence-electron chi connectivity index (χ0n) is 13.2. The van der Waals surface area contributed by atoms with Gasteiger partial charge in [0, 0.05) is 12.6 Å². The number of hydrogen-bond acceptors (Lipinski definition) is 2. The number of rotatable bonds is 4. The molecule has 116 valence electrons. The van der Waals surface area contributed by atoms with E-state index in [1.807, 2.05) is 0 Å². The molecule has 3 nitrogen and oxygen atoms in total. The summed E-state index contributed by atoms with van der Waals surface area (Å²) in [7, 11) is 2.15. The molecule has 1 N–H and O–H groups in total. The minimum absolute atomic E-state index is 0.478. The summed E-state index contributed by atoms with van der Waals surface area (Å²) >= 11 is 0. The van der Waals surface area contributed by atoms with Gasteiger partial charge in [-0.3, -0.25) is 4.79 Å². The van der Waals surface area contributed by atoms with E-state index in [2.05, 4.69) is 18.9 Å². The van der Waals surface area contributed by atoms with E-state index in [4.69, 9.17) is 0 Å². The summed E-state index contributed by atoms with van der Waals surface area (Å²) in [5, 5.41) is 9.78. The van der Waals surface area contributed by atoms with Crippen molar-refractivity contribution in [3.8, 4) is 0 Å². The first-order valence-electron chi connectivity index (χ1n) is 8.47. The van der Waals surface area contributed by atoms with E-state index in [9.17, 15) is 9.90 Å². The molecule has 0 aromatic rings. The second kappa shape index (κ2) is 6.93. The molecule has 0 saturated heterocycles. The number of carbonyl (C=O) groups is 1. The lowest BCUT2D eigenvalue weighted by atomic mass is 9.78. The van der Waals surface area contributed by atoms with Crippen LogP contribution in [0.15, 0.2) is 0 Å². The van der Waals surface area contributed by atoms with Crippen molar-refractivity contribution in [1.82, 2.24) is 4.90 Å².